The van der Waals surface area contributed by atoms with E-state index in [4.69, 9.17) is 0 Å². The minimum Gasteiger partial charge on any atom is -0.261 e. The van der Waals surface area contributed by atoms with Crippen LogP contribution >= 0.6 is 0 Å². The molecule has 2 unspecified atom stereocenters. The van der Waals surface area contributed by atoms with E-state index in [2.05, 4.69) is 86.6 Å². The van der Waals surface area contributed by atoms with Crippen molar-refractivity contribution >= 4 is 12.2 Å². The van der Waals surface area contributed by atoms with Crippen LogP contribution in [0, 0.1) is 23.3 Å². The van der Waals surface area contributed by atoms with Crippen molar-refractivity contribution < 1.29 is 0 Å². The first kappa shape index (κ1) is 19.3. The molecule has 0 aliphatic heterocycles. The van der Waals surface area contributed by atoms with Gasteiger partial charge in [-0.3, -0.25) is 4.98 Å². The summed E-state index contributed by atoms with van der Waals surface area (Å²) >= 11 is 0. The summed E-state index contributed by atoms with van der Waals surface area (Å²) in [5.41, 5.74) is 7.05. The highest BCUT2D eigenvalue weighted by atomic mass is 14.7. The maximum absolute atomic E-state index is 4.62. The van der Waals surface area contributed by atoms with Gasteiger partial charge in [-0.2, -0.15) is 0 Å². The minimum atomic E-state index is 0.469. The molecule has 0 radical (unpaired) electrons. The molecule has 0 amide bonds. The topological polar surface area (TPSA) is 12.9 Å². The van der Waals surface area contributed by atoms with Gasteiger partial charge in [-0.15, -0.1) is 0 Å². The lowest BCUT2D eigenvalue weighted by Crippen LogP contribution is -2.24. The number of hydrogen-bond donors (Lipinski definition) is 0. The molecule has 152 valence electrons. The lowest BCUT2D eigenvalue weighted by atomic mass is 9.79. The molecule has 3 aromatic rings. The highest BCUT2D eigenvalue weighted by molar-refractivity contribution is 5.52. The van der Waals surface area contributed by atoms with Gasteiger partial charge >= 0.3 is 0 Å². The molecule has 2 atom stereocenters. The summed E-state index contributed by atoms with van der Waals surface area (Å²) in [6, 6.07) is 16.1. The third-order valence-corrected chi connectivity index (χ3v) is 6.95. The maximum atomic E-state index is 4.62. The second kappa shape index (κ2) is 7.87. The van der Waals surface area contributed by atoms with Gasteiger partial charge in [0.2, 0.25) is 0 Å². The summed E-state index contributed by atoms with van der Waals surface area (Å²) in [5, 5.41) is 5.73. The van der Waals surface area contributed by atoms with E-state index >= 15 is 0 Å². The number of fused-ring (bicyclic) bond motifs is 4. The second-order valence-corrected chi connectivity index (χ2v) is 9.19. The summed E-state index contributed by atoms with van der Waals surface area (Å²) in [5.74, 6) is 1.15. The normalized spacial score (nSPS) is 19.2. The number of benzene rings is 2. The molecule has 1 nitrogen and oxygen atoms in total. The van der Waals surface area contributed by atoms with Crippen molar-refractivity contribution in [3.05, 3.63) is 97.5 Å². The molecular weight excluding hydrogens is 362 g/mol. The van der Waals surface area contributed by atoms with E-state index in [1.807, 2.05) is 0 Å². The van der Waals surface area contributed by atoms with E-state index in [1.165, 1.54) is 50.5 Å². The lowest BCUT2D eigenvalue weighted by Gasteiger charge is -2.25. The zero-order valence-electron chi connectivity index (χ0n) is 18.4. The van der Waals surface area contributed by atoms with E-state index in [0.29, 0.717) is 11.8 Å². The SMILES string of the molecule is CCc1ccc(CCC2C=c3cc(C)ccc3=c3ccc4c(c32)CCC(C)C=4)cn1. The van der Waals surface area contributed by atoms with Crippen molar-refractivity contribution in [1.82, 2.24) is 4.98 Å². The molecule has 0 fully saturated rings. The predicted molar refractivity (Wildman–Crippen MR) is 126 cm³/mol. The van der Waals surface area contributed by atoms with Gasteiger partial charge in [0.15, 0.2) is 0 Å². The molecule has 0 spiro atoms. The van der Waals surface area contributed by atoms with Crippen LogP contribution in [0.25, 0.3) is 12.2 Å². The smallest absolute Gasteiger partial charge is 0.0401 e. The lowest BCUT2D eigenvalue weighted by molar-refractivity contribution is 0.646. The Balaban J connectivity index is 1.63. The van der Waals surface area contributed by atoms with Gasteiger partial charge in [0.05, 0.1) is 0 Å². The van der Waals surface area contributed by atoms with Gasteiger partial charge in [0.1, 0.15) is 0 Å². The molecule has 2 aliphatic carbocycles. The number of rotatable bonds is 4. The Morgan fingerprint density at radius 2 is 1.83 bits per heavy atom. The van der Waals surface area contributed by atoms with Crippen molar-refractivity contribution in [2.24, 2.45) is 5.92 Å². The zero-order chi connectivity index (χ0) is 20.7. The van der Waals surface area contributed by atoms with Crippen LogP contribution in [0.4, 0.5) is 0 Å². The monoisotopic (exact) mass is 393 g/mol. The largest absolute Gasteiger partial charge is 0.261 e. The first-order valence-corrected chi connectivity index (χ1v) is 11.5. The fraction of sp³-hybridized carbons (Fsp3) is 0.345. The average molecular weight is 394 g/mol. The molecule has 0 saturated heterocycles. The highest BCUT2D eigenvalue weighted by Gasteiger charge is 2.21. The average Bonchev–Trinajstić information content (AvgIpc) is 2.77. The Hall–Kier alpha value is -2.67. The fourth-order valence-corrected chi connectivity index (χ4v) is 5.26. The van der Waals surface area contributed by atoms with Gasteiger partial charge < -0.3 is 0 Å². The third-order valence-electron chi connectivity index (χ3n) is 6.95. The molecule has 1 heteroatoms. The Morgan fingerprint density at radius 3 is 2.63 bits per heavy atom. The number of pyridine rings is 1. The van der Waals surface area contributed by atoms with Crippen molar-refractivity contribution in [2.75, 3.05) is 0 Å². The van der Waals surface area contributed by atoms with Crippen LogP contribution in [0.5, 0.6) is 0 Å². The van der Waals surface area contributed by atoms with Gasteiger partial charge in [-0.1, -0.05) is 68.0 Å². The molecule has 2 aromatic carbocycles. The molecule has 30 heavy (non-hydrogen) atoms. The highest BCUT2D eigenvalue weighted by Crippen LogP contribution is 2.31. The Labute approximate surface area is 179 Å². The van der Waals surface area contributed by atoms with Crippen LogP contribution in [-0.4, -0.2) is 4.98 Å². The van der Waals surface area contributed by atoms with Gasteiger partial charge in [-0.25, -0.2) is 0 Å². The van der Waals surface area contributed by atoms with E-state index in [-0.39, 0.29) is 0 Å². The number of nitrogens with zero attached hydrogens (tertiary/aromatic N) is 1. The number of hydrogen-bond acceptors (Lipinski definition) is 1. The van der Waals surface area contributed by atoms with Crippen LogP contribution in [0.3, 0.4) is 0 Å². The first-order valence-electron chi connectivity index (χ1n) is 11.5. The Kier molecular flexibility index (Phi) is 5.06. The summed E-state index contributed by atoms with van der Waals surface area (Å²) in [7, 11) is 0. The zero-order valence-corrected chi connectivity index (χ0v) is 18.4. The van der Waals surface area contributed by atoms with Crippen molar-refractivity contribution in [3.63, 3.8) is 0 Å². The maximum Gasteiger partial charge on any atom is 0.0401 e. The van der Waals surface area contributed by atoms with Crippen LogP contribution in [0.15, 0.2) is 48.7 Å². The molecular formula is C29H31N. The van der Waals surface area contributed by atoms with Crippen molar-refractivity contribution in [3.8, 4) is 0 Å². The fourth-order valence-electron chi connectivity index (χ4n) is 5.26. The van der Waals surface area contributed by atoms with Crippen LogP contribution in [-0.2, 0) is 19.3 Å². The third kappa shape index (κ3) is 3.51. The van der Waals surface area contributed by atoms with Gasteiger partial charge in [0.25, 0.3) is 0 Å². The quantitative estimate of drug-likeness (QED) is 0.600. The first-order chi connectivity index (χ1) is 14.6. The van der Waals surface area contributed by atoms with Crippen molar-refractivity contribution in [2.45, 2.75) is 58.8 Å². The second-order valence-electron chi connectivity index (χ2n) is 9.19. The molecule has 5 rings (SSSR count). The molecule has 0 N–H and O–H groups in total. The number of aromatic nitrogens is 1. The van der Waals surface area contributed by atoms with E-state index < -0.39 is 0 Å². The summed E-state index contributed by atoms with van der Waals surface area (Å²) < 4.78 is 0. The number of aryl methyl sites for hydroxylation is 3. The van der Waals surface area contributed by atoms with Crippen LogP contribution in [0.1, 0.15) is 60.6 Å². The van der Waals surface area contributed by atoms with Gasteiger partial charge in [0, 0.05) is 17.8 Å². The summed E-state index contributed by atoms with van der Waals surface area (Å²) in [6.45, 7) is 6.70. The predicted octanol–water partition coefficient (Wildman–Crippen LogP) is 5.11. The molecule has 0 saturated carbocycles. The van der Waals surface area contributed by atoms with E-state index in [1.54, 1.807) is 11.1 Å². The van der Waals surface area contributed by atoms with Gasteiger partial charge in [-0.05, 0) is 88.6 Å². The summed E-state index contributed by atoms with van der Waals surface area (Å²) in [4.78, 5) is 4.62. The summed E-state index contributed by atoms with van der Waals surface area (Å²) in [6.07, 6.45) is 12.8. The van der Waals surface area contributed by atoms with E-state index in [9.17, 15) is 0 Å². The molecule has 2 aliphatic rings. The standard InChI is InChI=1S/C29H31N/c1-4-25-11-8-21(18-30-25)7-9-23-17-24-16-20(3)5-12-26(24)28-14-10-22-15-19(2)6-13-27(22)29(23)28/h5,8,10-12,14-19,23H,4,6-7,9,13H2,1-3H3. The molecule has 0 bridgehead atoms. The van der Waals surface area contributed by atoms with E-state index in [0.717, 1.165) is 19.3 Å². The Morgan fingerprint density at radius 1 is 0.967 bits per heavy atom. The van der Waals surface area contributed by atoms with Crippen LogP contribution in [0.2, 0.25) is 0 Å². The van der Waals surface area contributed by atoms with Crippen molar-refractivity contribution in [1.29, 1.82) is 0 Å². The minimum absolute atomic E-state index is 0.469. The molecule has 1 aromatic heterocycles. The molecule has 1 heterocycles. The Bertz CT molecular complexity index is 1300. The van der Waals surface area contributed by atoms with Crippen LogP contribution < -0.4 is 10.4 Å².